The second-order valence-electron chi connectivity index (χ2n) is 7.37. The second kappa shape index (κ2) is 9.34. The number of nitrogens with one attached hydrogen (secondary N) is 1. The third-order valence-corrected chi connectivity index (χ3v) is 5.43. The van der Waals surface area contributed by atoms with Gasteiger partial charge in [-0.1, -0.05) is 18.2 Å². The predicted molar refractivity (Wildman–Crippen MR) is 122 cm³/mol. The Kier molecular flexibility index (Phi) is 6.17. The summed E-state index contributed by atoms with van der Waals surface area (Å²) >= 11 is 0. The number of carbonyl (C=O) groups excluding carboxylic acids is 2. The van der Waals surface area contributed by atoms with Crippen LogP contribution in [0.1, 0.15) is 20.7 Å². The maximum atomic E-state index is 12.6. The van der Waals surface area contributed by atoms with E-state index < -0.39 is 0 Å². The third kappa shape index (κ3) is 4.86. The molecular weight excluding hydrogens is 390 g/mol. The van der Waals surface area contributed by atoms with Crippen molar-refractivity contribution in [3.05, 3.63) is 90.0 Å². The molecule has 1 heterocycles. The maximum Gasteiger partial charge on any atom is 0.255 e. The molecule has 6 heteroatoms. The zero-order valence-corrected chi connectivity index (χ0v) is 17.5. The number of piperazine rings is 1. The average Bonchev–Trinajstić information content (AvgIpc) is 2.85. The number of anilines is 2. The Bertz CT molecular complexity index is 1030. The van der Waals surface area contributed by atoms with Crippen LogP contribution in [0.2, 0.25) is 0 Å². The summed E-state index contributed by atoms with van der Waals surface area (Å²) in [6.45, 7) is 2.92. The van der Waals surface area contributed by atoms with Gasteiger partial charge in [0.25, 0.3) is 11.8 Å². The molecule has 1 aliphatic heterocycles. The van der Waals surface area contributed by atoms with E-state index in [4.69, 9.17) is 4.74 Å². The van der Waals surface area contributed by atoms with Gasteiger partial charge in [0.05, 0.1) is 7.11 Å². The van der Waals surface area contributed by atoms with Crippen LogP contribution in [-0.4, -0.2) is 50.0 Å². The van der Waals surface area contributed by atoms with Crippen LogP contribution in [0.15, 0.2) is 78.9 Å². The van der Waals surface area contributed by atoms with E-state index in [0.29, 0.717) is 24.4 Å². The molecule has 0 atom stereocenters. The molecular formula is C25H25N3O3. The molecule has 3 aromatic carbocycles. The molecule has 0 aromatic heterocycles. The Morgan fingerprint density at radius 3 is 2.03 bits per heavy atom. The highest BCUT2D eigenvalue weighted by molar-refractivity contribution is 6.04. The number of methoxy groups -OCH3 is 1. The first-order chi connectivity index (χ1) is 15.1. The minimum Gasteiger partial charge on any atom is -0.497 e. The van der Waals surface area contributed by atoms with Crippen molar-refractivity contribution in [1.29, 1.82) is 0 Å². The monoisotopic (exact) mass is 415 g/mol. The molecule has 0 saturated carbocycles. The fourth-order valence-corrected chi connectivity index (χ4v) is 3.63. The molecule has 6 nitrogen and oxygen atoms in total. The van der Waals surface area contributed by atoms with E-state index in [1.807, 2.05) is 59.5 Å². The summed E-state index contributed by atoms with van der Waals surface area (Å²) in [6.07, 6.45) is 0. The number of ether oxygens (including phenoxy) is 1. The van der Waals surface area contributed by atoms with E-state index in [-0.39, 0.29) is 11.8 Å². The largest absolute Gasteiger partial charge is 0.497 e. The molecule has 4 rings (SSSR count). The molecule has 0 aliphatic carbocycles. The molecule has 0 radical (unpaired) electrons. The summed E-state index contributed by atoms with van der Waals surface area (Å²) in [4.78, 5) is 29.2. The number of benzene rings is 3. The van der Waals surface area contributed by atoms with Crippen molar-refractivity contribution in [2.75, 3.05) is 43.5 Å². The highest BCUT2D eigenvalue weighted by Crippen LogP contribution is 2.21. The third-order valence-electron chi connectivity index (χ3n) is 5.43. The molecule has 0 bridgehead atoms. The number of amides is 2. The fraction of sp³-hybridized carbons (Fsp3) is 0.200. The summed E-state index contributed by atoms with van der Waals surface area (Å²) in [7, 11) is 1.59. The lowest BCUT2D eigenvalue weighted by molar-refractivity contribution is 0.0746. The second-order valence-corrected chi connectivity index (χ2v) is 7.37. The molecule has 3 aromatic rings. The predicted octanol–water partition coefficient (Wildman–Crippen LogP) is 3.91. The Hall–Kier alpha value is -3.80. The molecule has 1 aliphatic rings. The molecule has 1 N–H and O–H groups in total. The molecule has 158 valence electrons. The SMILES string of the molecule is COc1ccc(C(=O)Nc2ccc(N3CCN(C(=O)c4ccccc4)CC3)cc2)cc1. The smallest absolute Gasteiger partial charge is 0.255 e. The van der Waals surface area contributed by atoms with Crippen LogP contribution in [0, 0.1) is 0 Å². The van der Waals surface area contributed by atoms with Gasteiger partial charge in [0.2, 0.25) is 0 Å². The van der Waals surface area contributed by atoms with E-state index in [1.165, 1.54) is 0 Å². The lowest BCUT2D eigenvalue weighted by atomic mass is 10.1. The van der Waals surface area contributed by atoms with E-state index in [2.05, 4.69) is 10.2 Å². The van der Waals surface area contributed by atoms with E-state index in [0.717, 1.165) is 30.0 Å². The van der Waals surface area contributed by atoms with E-state index >= 15 is 0 Å². The average molecular weight is 415 g/mol. The molecule has 0 unspecified atom stereocenters. The summed E-state index contributed by atoms with van der Waals surface area (Å²) in [6, 6.07) is 24.2. The van der Waals surface area contributed by atoms with Gasteiger partial charge < -0.3 is 19.9 Å². The van der Waals surface area contributed by atoms with Gasteiger partial charge in [0.1, 0.15) is 5.75 Å². The Morgan fingerprint density at radius 1 is 0.774 bits per heavy atom. The first-order valence-corrected chi connectivity index (χ1v) is 10.3. The molecule has 1 fully saturated rings. The molecule has 31 heavy (non-hydrogen) atoms. The van der Waals surface area contributed by atoms with Crippen molar-refractivity contribution in [3.8, 4) is 5.75 Å². The van der Waals surface area contributed by atoms with Crippen LogP contribution in [0.4, 0.5) is 11.4 Å². The lowest BCUT2D eigenvalue weighted by Crippen LogP contribution is -2.48. The zero-order chi connectivity index (χ0) is 21.6. The fourth-order valence-electron chi connectivity index (χ4n) is 3.63. The van der Waals surface area contributed by atoms with Crippen LogP contribution in [-0.2, 0) is 0 Å². The number of hydrogen-bond donors (Lipinski definition) is 1. The number of carbonyl (C=O) groups is 2. The first-order valence-electron chi connectivity index (χ1n) is 10.3. The van der Waals surface area contributed by atoms with Crippen molar-refractivity contribution in [2.45, 2.75) is 0 Å². The van der Waals surface area contributed by atoms with Gasteiger partial charge in [0.15, 0.2) is 0 Å². The topological polar surface area (TPSA) is 61.9 Å². The van der Waals surface area contributed by atoms with Crippen LogP contribution in [0.5, 0.6) is 5.75 Å². The number of hydrogen-bond acceptors (Lipinski definition) is 4. The summed E-state index contributed by atoms with van der Waals surface area (Å²) in [5.74, 6) is 0.631. The molecule has 2 amide bonds. The van der Waals surface area contributed by atoms with Gasteiger partial charge in [-0.2, -0.15) is 0 Å². The maximum absolute atomic E-state index is 12.6. The normalized spacial score (nSPS) is 13.6. The van der Waals surface area contributed by atoms with Crippen LogP contribution < -0.4 is 15.0 Å². The summed E-state index contributed by atoms with van der Waals surface area (Å²) in [5.41, 5.74) is 3.12. The van der Waals surface area contributed by atoms with Crippen molar-refractivity contribution < 1.29 is 14.3 Å². The standard InChI is InChI=1S/C25H25N3O3/c1-31-23-13-7-19(8-14-23)24(29)26-21-9-11-22(12-10-21)27-15-17-28(18-16-27)25(30)20-5-3-2-4-6-20/h2-14H,15-18H2,1H3,(H,26,29). The Labute approximate surface area is 182 Å². The highest BCUT2D eigenvalue weighted by Gasteiger charge is 2.22. The lowest BCUT2D eigenvalue weighted by Gasteiger charge is -2.36. The quantitative estimate of drug-likeness (QED) is 0.686. The van der Waals surface area contributed by atoms with Gasteiger partial charge >= 0.3 is 0 Å². The van der Waals surface area contributed by atoms with Crippen LogP contribution in [0.25, 0.3) is 0 Å². The van der Waals surface area contributed by atoms with E-state index in [9.17, 15) is 9.59 Å². The zero-order valence-electron chi connectivity index (χ0n) is 17.5. The Balaban J connectivity index is 1.32. The summed E-state index contributed by atoms with van der Waals surface area (Å²) in [5, 5.41) is 2.91. The van der Waals surface area contributed by atoms with Gasteiger partial charge in [-0.3, -0.25) is 9.59 Å². The van der Waals surface area contributed by atoms with Gasteiger partial charge in [-0.05, 0) is 60.7 Å². The van der Waals surface area contributed by atoms with Gasteiger partial charge in [-0.25, -0.2) is 0 Å². The van der Waals surface area contributed by atoms with Crippen molar-refractivity contribution in [3.63, 3.8) is 0 Å². The summed E-state index contributed by atoms with van der Waals surface area (Å²) < 4.78 is 5.12. The van der Waals surface area contributed by atoms with Crippen molar-refractivity contribution in [2.24, 2.45) is 0 Å². The Morgan fingerprint density at radius 2 is 1.42 bits per heavy atom. The van der Waals surface area contributed by atoms with Crippen LogP contribution in [0.3, 0.4) is 0 Å². The van der Waals surface area contributed by atoms with Crippen LogP contribution >= 0.6 is 0 Å². The van der Waals surface area contributed by atoms with Gasteiger partial charge in [-0.15, -0.1) is 0 Å². The van der Waals surface area contributed by atoms with E-state index in [1.54, 1.807) is 31.4 Å². The van der Waals surface area contributed by atoms with Gasteiger partial charge in [0, 0.05) is 48.7 Å². The van der Waals surface area contributed by atoms with Crippen molar-refractivity contribution in [1.82, 2.24) is 4.90 Å². The minimum absolute atomic E-state index is 0.0804. The molecule has 0 spiro atoms. The minimum atomic E-state index is -0.163. The molecule has 1 saturated heterocycles. The number of nitrogens with zero attached hydrogens (tertiary/aromatic N) is 2. The highest BCUT2D eigenvalue weighted by atomic mass is 16.5. The number of rotatable bonds is 5. The first kappa shape index (κ1) is 20.5. The van der Waals surface area contributed by atoms with Crippen molar-refractivity contribution >= 4 is 23.2 Å².